The zero-order valence-electron chi connectivity index (χ0n) is 11.5. The quantitative estimate of drug-likeness (QED) is 0.736. The second-order valence-corrected chi connectivity index (χ2v) is 5.72. The molecule has 1 heterocycles. The molecule has 4 nitrogen and oxygen atoms in total. The number of nitrogens with one attached hydrogen (secondary N) is 1. The normalized spacial score (nSPS) is 27.1. The summed E-state index contributed by atoms with van der Waals surface area (Å²) < 4.78 is 0. The van der Waals surface area contributed by atoms with E-state index in [4.69, 9.17) is 0 Å². The van der Waals surface area contributed by atoms with Gasteiger partial charge in [-0.15, -0.1) is 0 Å². The summed E-state index contributed by atoms with van der Waals surface area (Å²) in [6.45, 7) is 9.30. The summed E-state index contributed by atoms with van der Waals surface area (Å²) in [4.78, 5) is 25.7. The molecule has 0 aromatic heterocycles. The Morgan fingerprint density at radius 2 is 1.94 bits per heavy atom. The Hall–Kier alpha value is -0.900. The predicted molar refractivity (Wildman–Crippen MR) is 67.4 cm³/mol. The van der Waals surface area contributed by atoms with Crippen molar-refractivity contribution in [3.8, 4) is 0 Å². The molecular weight excluding hydrogens is 216 g/mol. The maximum atomic E-state index is 12.3. The lowest BCUT2D eigenvalue weighted by Crippen LogP contribution is -2.40. The molecule has 0 aliphatic carbocycles. The topological polar surface area (TPSA) is 49.4 Å². The molecule has 1 aliphatic heterocycles. The van der Waals surface area contributed by atoms with Crippen molar-refractivity contribution in [2.24, 2.45) is 17.3 Å². The van der Waals surface area contributed by atoms with Crippen molar-refractivity contribution in [2.45, 2.75) is 34.1 Å². The predicted octanol–water partition coefficient (Wildman–Crippen LogP) is 1.26. The first-order valence-electron chi connectivity index (χ1n) is 6.32. The highest BCUT2D eigenvalue weighted by Crippen LogP contribution is 2.39. The highest BCUT2D eigenvalue weighted by atomic mass is 16.2. The Bertz CT molecular complexity index is 315. The van der Waals surface area contributed by atoms with E-state index in [1.807, 2.05) is 34.7 Å². The molecule has 0 saturated carbocycles. The van der Waals surface area contributed by atoms with Gasteiger partial charge in [0, 0.05) is 13.0 Å². The first-order valence-corrected chi connectivity index (χ1v) is 6.32. The standard InChI is InChI=1S/C13H24N2O2/c1-9(2)13(4)6-11(16)15(12(13)17)8-10(3)7-14-5/h9-10,14H,6-8H2,1-5H3. The Morgan fingerprint density at radius 3 is 2.35 bits per heavy atom. The summed E-state index contributed by atoms with van der Waals surface area (Å²) in [7, 11) is 1.88. The fourth-order valence-electron chi connectivity index (χ4n) is 2.27. The average Bonchev–Trinajstić information content (AvgIpc) is 2.44. The molecule has 2 unspecified atom stereocenters. The van der Waals surface area contributed by atoms with E-state index in [0.717, 1.165) is 6.54 Å². The van der Waals surface area contributed by atoms with Crippen LogP contribution in [0, 0.1) is 17.3 Å². The molecule has 4 heteroatoms. The Morgan fingerprint density at radius 1 is 1.35 bits per heavy atom. The second-order valence-electron chi connectivity index (χ2n) is 5.72. The van der Waals surface area contributed by atoms with Crippen molar-refractivity contribution in [3.05, 3.63) is 0 Å². The first-order chi connectivity index (χ1) is 7.82. The second kappa shape index (κ2) is 5.17. The molecule has 1 rings (SSSR count). The van der Waals surface area contributed by atoms with E-state index in [2.05, 4.69) is 5.32 Å². The van der Waals surface area contributed by atoms with Crippen LogP contribution in [0.3, 0.4) is 0 Å². The van der Waals surface area contributed by atoms with Gasteiger partial charge < -0.3 is 5.32 Å². The van der Waals surface area contributed by atoms with Crippen LogP contribution in [0.15, 0.2) is 0 Å². The molecule has 0 aromatic carbocycles. The van der Waals surface area contributed by atoms with Gasteiger partial charge in [0.15, 0.2) is 0 Å². The monoisotopic (exact) mass is 240 g/mol. The minimum absolute atomic E-state index is 0.000420. The van der Waals surface area contributed by atoms with Crippen LogP contribution in [0.5, 0.6) is 0 Å². The number of amides is 2. The molecular formula is C13H24N2O2. The third kappa shape index (κ3) is 2.68. The zero-order chi connectivity index (χ0) is 13.2. The van der Waals surface area contributed by atoms with Crippen LogP contribution in [0.25, 0.3) is 0 Å². The minimum atomic E-state index is -0.504. The van der Waals surface area contributed by atoms with Crippen LogP contribution in [-0.2, 0) is 9.59 Å². The van der Waals surface area contributed by atoms with Crippen LogP contribution < -0.4 is 5.32 Å². The number of nitrogens with zero attached hydrogens (tertiary/aromatic N) is 1. The van der Waals surface area contributed by atoms with Crippen LogP contribution >= 0.6 is 0 Å². The van der Waals surface area contributed by atoms with E-state index in [0.29, 0.717) is 18.9 Å². The largest absolute Gasteiger partial charge is 0.319 e. The number of rotatable bonds is 5. The Labute approximate surface area is 104 Å². The van der Waals surface area contributed by atoms with Gasteiger partial charge in [0.25, 0.3) is 0 Å². The van der Waals surface area contributed by atoms with Gasteiger partial charge in [0.2, 0.25) is 11.8 Å². The molecule has 2 atom stereocenters. The number of hydrogen-bond acceptors (Lipinski definition) is 3. The van der Waals surface area contributed by atoms with Gasteiger partial charge >= 0.3 is 0 Å². The van der Waals surface area contributed by atoms with E-state index < -0.39 is 5.41 Å². The maximum Gasteiger partial charge on any atom is 0.235 e. The molecule has 17 heavy (non-hydrogen) atoms. The molecule has 0 aromatic rings. The fourth-order valence-corrected chi connectivity index (χ4v) is 2.27. The van der Waals surface area contributed by atoms with Crippen molar-refractivity contribution in [1.82, 2.24) is 10.2 Å². The van der Waals surface area contributed by atoms with E-state index in [9.17, 15) is 9.59 Å². The highest BCUT2D eigenvalue weighted by molar-refractivity contribution is 6.05. The van der Waals surface area contributed by atoms with Crippen molar-refractivity contribution < 1.29 is 9.59 Å². The van der Waals surface area contributed by atoms with Crippen molar-refractivity contribution in [2.75, 3.05) is 20.1 Å². The van der Waals surface area contributed by atoms with Crippen LogP contribution in [0.2, 0.25) is 0 Å². The van der Waals surface area contributed by atoms with E-state index >= 15 is 0 Å². The van der Waals surface area contributed by atoms with Gasteiger partial charge in [0.1, 0.15) is 0 Å². The van der Waals surface area contributed by atoms with E-state index in [-0.39, 0.29) is 17.7 Å². The molecule has 1 N–H and O–H groups in total. The van der Waals surface area contributed by atoms with E-state index in [1.54, 1.807) is 0 Å². The van der Waals surface area contributed by atoms with Crippen molar-refractivity contribution in [1.29, 1.82) is 0 Å². The molecule has 1 fully saturated rings. The number of likely N-dealkylation sites (tertiary alicyclic amines) is 1. The van der Waals surface area contributed by atoms with Gasteiger partial charge in [0.05, 0.1) is 5.41 Å². The van der Waals surface area contributed by atoms with Crippen LogP contribution in [0.1, 0.15) is 34.1 Å². The molecule has 0 radical (unpaired) electrons. The number of imide groups is 1. The minimum Gasteiger partial charge on any atom is -0.319 e. The summed E-state index contributed by atoms with van der Waals surface area (Å²) in [6.07, 6.45) is 0.357. The van der Waals surface area contributed by atoms with Crippen LogP contribution in [-0.4, -0.2) is 36.9 Å². The molecule has 0 spiro atoms. The molecule has 98 valence electrons. The van der Waals surface area contributed by atoms with Crippen molar-refractivity contribution in [3.63, 3.8) is 0 Å². The number of carbonyl (C=O) groups excluding carboxylic acids is 2. The van der Waals surface area contributed by atoms with Gasteiger partial charge in [-0.2, -0.15) is 0 Å². The lowest BCUT2D eigenvalue weighted by molar-refractivity contribution is -0.142. The Kier molecular flexibility index (Phi) is 4.31. The highest BCUT2D eigenvalue weighted by Gasteiger charge is 2.49. The van der Waals surface area contributed by atoms with Crippen LogP contribution in [0.4, 0.5) is 0 Å². The van der Waals surface area contributed by atoms with Gasteiger partial charge in [-0.05, 0) is 32.4 Å². The number of carbonyl (C=O) groups is 2. The molecule has 2 amide bonds. The third-order valence-electron chi connectivity index (χ3n) is 3.87. The fraction of sp³-hybridized carbons (Fsp3) is 0.846. The zero-order valence-corrected chi connectivity index (χ0v) is 11.5. The smallest absolute Gasteiger partial charge is 0.235 e. The van der Waals surface area contributed by atoms with Gasteiger partial charge in [-0.25, -0.2) is 0 Å². The van der Waals surface area contributed by atoms with Gasteiger partial charge in [-0.3, -0.25) is 14.5 Å². The van der Waals surface area contributed by atoms with E-state index in [1.165, 1.54) is 4.90 Å². The first kappa shape index (κ1) is 14.2. The summed E-state index contributed by atoms with van der Waals surface area (Å²) in [5.74, 6) is 0.473. The molecule has 0 bridgehead atoms. The lowest BCUT2D eigenvalue weighted by Gasteiger charge is -2.27. The van der Waals surface area contributed by atoms with Gasteiger partial charge in [-0.1, -0.05) is 20.8 Å². The summed E-state index contributed by atoms with van der Waals surface area (Å²) in [5.41, 5.74) is -0.504. The summed E-state index contributed by atoms with van der Waals surface area (Å²) >= 11 is 0. The Balaban J connectivity index is 2.76. The molecule has 1 saturated heterocycles. The number of hydrogen-bond donors (Lipinski definition) is 1. The summed E-state index contributed by atoms with van der Waals surface area (Å²) in [5, 5.41) is 3.07. The maximum absolute atomic E-state index is 12.3. The lowest BCUT2D eigenvalue weighted by atomic mass is 9.78. The third-order valence-corrected chi connectivity index (χ3v) is 3.87. The molecule has 1 aliphatic rings. The SMILES string of the molecule is CNCC(C)CN1C(=O)CC(C)(C(C)C)C1=O. The summed E-state index contributed by atoms with van der Waals surface area (Å²) in [6, 6.07) is 0. The average molecular weight is 240 g/mol. The van der Waals surface area contributed by atoms with Crippen molar-refractivity contribution >= 4 is 11.8 Å².